The molecule has 0 saturated heterocycles. The number of benzene rings is 1. The molecule has 5 nitrogen and oxygen atoms in total. The molecule has 22 heavy (non-hydrogen) atoms. The molecule has 1 heterocycles. The van der Waals surface area contributed by atoms with Crippen LogP contribution >= 0.6 is 0 Å². The SMILES string of the molecule is Cc1cc(C#N)cc(Oc2c(C3CC3)nn(CCO)c2C)c1. The van der Waals surface area contributed by atoms with Gasteiger partial charge in [-0.2, -0.15) is 10.4 Å². The van der Waals surface area contributed by atoms with Gasteiger partial charge in [-0.25, -0.2) is 0 Å². The molecule has 1 saturated carbocycles. The number of aliphatic hydroxyl groups is 1. The molecule has 1 aromatic heterocycles. The molecule has 0 radical (unpaired) electrons. The Morgan fingerprint density at radius 1 is 1.36 bits per heavy atom. The lowest BCUT2D eigenvalue weighted by atomic mass is 10.1. The molecule has 0 unspecified atom stereocenters. The lowest BCUT2D eigenvalue weighted by Gasteiger charge is -2.08. The Morgan fingerprint density at radius 2 is 2.14 bits per heavy atom. The van der Waals surface area contributed by atoms with Gasteiger partial charge in [0.2, 0.25) is 0 Å². The summed E-state index contributed by atoms with van der Waals surface area (Å²) in [5.41, 5.74) is 3.45. The number of nitrogens with zero attached hydrogens (tertiary/aromatic N) is 3. The van der Waals surface area contributed by atoms with E-state index in [9.17, 15) is 0 Å². The summed E-state index contributed by atoms with van der Waals surface area (Å²) in [5, 5.41) is 22.8. The summed E-state index contributed by atoms with van der Waals surface area (Å²) >= 11 is 0. The van der Waals surface area contributed by atoms with Crippen molar-refractivity contribution in [3.63, 3.8) is 0 Å². The number of aliphatic hydroxyl groups excluding tert-OH is 1. The average molecular weight is 297 g/mol. The van der Waals surface area contributed by atoms with Crippen molar-refractivity contribution in [2.75, 3.05) is 6.61 Å². The lowest BCUT2D eigenvalue weighted by molar-refractivity contribution is 0.267. The topological polar surface area (TPSA) is 71.1 Å². The van der Waals surface area contributed by atoms with Crippen LogP contribution in [0.2, 0.25) is 0 Å². The maximum absolute atomic E-state index is 9.16. The second-order valence-corrected chi connectivity index (χ2v) is 5.77. The molecule has 1 aliphatic carbocycles. The van der Waals surface area contributed by atoms with Crippen molar-refractivity contribution < 1.29 is 9.84 Å². The summed E-state index contributed by atoms with van der Waals surface area (Å²) in [6.45, 7) is 4.41. The smallest absolute Gasteiger partial charge is 0.171 e. The Bertz CT molecular complexity index is 739. The highest BCUT2D eigenvalue weighted by molar-refractivity contribution is 5.45. The van der Waals surface area contributed by atoms with E-state index >= 15 is 0 Å². The summed E-state index contributed by atoms with van der Waals surface area (Å²) < 4.78 is 7.87. The number of rotatable bonds is 5. The van der Waals surface area contributed by atoms with Crippen LogP contribution in [-0.4, -0.2) is 21.5 Å². The highest BCUT2D eigenvalue weighted by atomic mass is 16.5. The van der Waals surface area contributed by atoms with Crippen LogP contribution in [-0.2, 0) is 6.54 Å². The minimum atomic E-state index is 0.0507. The summed E-state index contributed by atoms with van der Waals surface area (Å²) in [6, 6.07) is 7.64. The van der Waals surface area contributed by atoms with Gasteiger partial charge in [0.25, 0.3) is 0 Å². The van der Waals surface area contributed by atoms with Gasteiger partial charge in [0.1, 0.15) is 11.4 Å². The summed E-state index contributed by atoms with van der Waals surface area (Å²) in [4.78, 5) is 0. The minimum absolute atomic E-state index is 0.0507. The quantitative estimate of drug-likeness (QED) is 0.920. The van der Waals surface area contributed by atoms with Crippen LogP contribution in [0.15, 0.2) is 18.2 Å². The van der Waals surface area contributed by atoms with Crippen LogP contribution in [0.25, 0.3) is 0 Å². The largest absolute Gasteiger partial charge is 0.453 e. The predicted octanol–water partition coefficient (Wildman–Crippen LogP) is 3.03. The van der Waals surface area contributed by atoms with Gasteiger partial charge in [0.05, 0.1) is 30.5 Å². The fourth-order valence-corrected chi connectivity index (χ4v) is 2.60. The van der Waals surface area contributed by atoms with Gasteiger partial charge >= 0.3 is 0 Å². The van der Waals surface area contributed by atoms with Crippen LogP contribution < -0.4 is 4.74 Å². The van der Waals surface area contributed by atoms with E-state index in [1.54, 1.807) is 10.7 Å². The number of ether oxygens (including phenoxy) is 1. The fraction of sp³-hybridized carbons (Fsp3) is 0.412. The summed E-state index contributed by atoms with van der Waals surface area (Å²) in [6.07, 6.45) is 2.26. The zero-order valence-electron chi connectivity index (χ0n) is 12.8. The van der Waals surface area contributed by atoms with E-state index in [-0.39, 0.29) is 6.61 Å². The van der Waals surface area contributed by atoms with Crippen molar-refractivity contribution in [1.82, 2.24) is 9.78 Å². The Hall–Kier alpha value is -2.32. The van der Waals surface area contributed by atoms with Gasteiger partial charge in [-0.15, -0.1) is 0 Å². The summed E-state index contributed by atoms with van der Waals surface area (Å²) in [7, 11) is 0. The van der Waals surface area contributed by atoms with E-state index in [4.69, 9.17) is 15.1 Å². The Morgan fingerprint density at radius 3 is 2.77 bits per heavy atom. The first-order valence-electron chi connectivity index (χ1n) is 7.50. The van der Waals surface area contributed by atoms with E-state index in [0.717, 1.165) is 35.5 Å². The molecular weight excluding hydrogens is 278 g/mol. The normalized spacial score (nSPS) is 13.9. The molecule has 1 fully saturated rings. The number of hydrogen-bond donors (Lipinski definition) is 1. The molecule has 0 bridgehead atoms. The highest BCUT2D eigenvalue weighted by Gasteiger charge is 2.32. The van der Waals surface area contributed by atoms with Crippen LogP contribution in [0.1, 0.15) is 41.3 Å². The first-order chi connectivity index (χ1) is 10.6. The van der Waals surface area contributed by atoms with Gasteiger partial charge in [-0.1, -0.05) is 0 Å². The number of nitriles is 1. The molecule has 1 aromatic carbocycles. The van der Waals surface area contributed by atoms with Crippen molar-refractivity contribution in [2.24, 2.45) is 0 Å². The van der Waals surface area contributed by atoms with Crippen molar-refractivity contribution in [3.05, 3.63) is 40.7 Å². The van der Waals surface area contributed by atoms with Crippen LogP contribution in [0.4, 0.5) is 0 Å². The van der Waals surface area contributed by atoms with E-state index in [2.05, 4.69) is 11.2 Å². The van der Waals surface area contributed by atoms with Gasteiger partial charge < -0.3 is 9.84 Å². The third-order valence-corrected chi connectivity index (χ3v) is 3.85. The van der Waals surface area contributed by atoms with E-state index in [1.807, 2.05) is 26.0 Å². The van der Waals surface area contributed by atoms with E-state index in [0.29, 0.717) is 23.8 Å². The Balaban J connectivity index is 1.97. The van der Waals surface area contributed by atoms with Gasteiger partial charge in [0, 0.05) is 5.92 Å². The number of hydrogen-bond acceptors (Lipinski definition) is 4. The van der Waals surface area contributed by atoms with Gasteiger partial charge in [0.15, 0.2) is 5.75 Å². The van der Waals surface area contributed by atoms with Gasteiger partial charge in [-0.05, 0) is 50.5 Å². The molecule has 2 aromatic rings. The molecule has 1 N–H and O–H groups in total. The first kappa shape index (κ1) is 14.6. The van der Waals surface area contributed by atoms with E-state index < -0.39 is 0 Å². The number of aryl methyl sites for hydroxylation is 1. The lowest BCUT2D eigenvalue weighted by Crippen LogP contribution is -2.06. The predicted molar refractivity (Wildman–Crippen MR) is 82.0 cm³/mol. The average Bonchev–Trinajstić information content (AvgIpc) is 3.29. The summed E-state index contributed by atoms with van der Waals surface area (Å²) in [5.74, 6) is 1.88. The van der Waals surface area contributed by atoms with Crippen molar-refractivity contribution in [1.29, 1.82) is 5.26 Å². The van der Waals surface area contributed by atoms with E-state index in [1.165, 1.54) is 0 Å². The maximum atomic E-state index is 9.16. The molecule has 114 valence electrons. The minimum Gasteiger partial charge on any atom is -0.453 e. The standard InChI is InChI=1S/C17H19N3O2/c1-11-7-13(10-18)9-15(8-11)22-17-12(2)20(5-6-21)19-16(17)14-3-4-14/h7-9,14,21H,3-6H2,1-2H3. The third kappa shape index (κ3) is 2.83. The zero-order chi connectivity index (χ0) is 15.7. The monoisotopic (exact) mass is 297 g/mol. The molecule has 0 atom stereocenters. The Kier molecular flexibility index (Phi) is 3.86. The highest BCUT2D eigenvalue weighted by Crippen LogP contribution is 2.45. The molecule has 0 spiro atoms. The van der Waals surface area contributed by atoms with Gasteiger partial charge in [-0.3, -0.25) is 4.68 Å². The van der Waals surface area contributed by atoms with Crippen molar-refractivity contribution in [3.8, 4) is 17.6 Å². The van der Waals surface area contributed by atoms with Crippen LogP contribution in [0.3, 0.4) is 0 Å². The molecule has 0 aliphatic heterocycles. The Labute approximate surface area is 129 Å². The van der Waals surface area contributed by atoms with Crippen molar-refractivity contribution >= 4 is 0 Å². The number of aromatic nitrogens is 2. The molecule has 5 heteroatoms. The van der Waals surface area contributed by atoms with Crippen molar-refractivity contribution in [2.45, 2.75) is 39.2 Å². The molecule has 0 amide bonds. The zero-order valence-corrected chi connectivity index (χ0v) is 12.8. The first-order valence-corrected chi connectivity index (χ1v) is 7.50. The third-order valence-electron chi connectivity index (χ3n) is 3.85. The second-order valence-electron chi connectivity index (χ2n) is 5.77. The molecule has 3 rings (SSSR count). The molecular formula is C17H19N3O2. The molecule has 1 aliphatic rings. The fourth-order valence-electron chi connectivity index (χ4n) is 2.60. The second kappa shape index (κ2) is 5.82. The van der Waals surface area contributed by atoms with Crippen LogP contribution in [0, 0.1) is 25.2 Å². The maximum Gasteiger partial charge on any atom is 0.171 e. The van der Waals surface area contributed by atoms with Crippen LogP contribution in [0.5, 0.6) is 11.5 Å².